The van der Waals surface area contributed by atoms with Gasteiger partial charge in [0.05, 0.1) is 0 Å². The molecule has 102 valence electrons. The molecule has 0 atom stereocenters. The number of rotatable bonds is 3. The van der Waals surface area contributed by atoms with Crippen molar-refractivity contribution in [2.45, 2.75) is 0 Å². The maximum absolute atomic E-state index is 11.5. The Morgan fingerprint density at radius 1 is 1.26 bits per heavy atom. The van der Waals surface area contributed by atoms with Gasteiger partial charge < -0.3 is 10.5 Å². The van der Waals surface area contributed by atoms with Crippen molar-refractivity contribution >= 4 is 52.2 Å². The molecule has 0 bridgehead atoms. The highest BCUT2D eigenvalue weighted by Crippen LogP contribution is 2.15. The highest BCUT2D eigenvalue weighted by Gasteiger charge is 2.05. The Morgan fingerprint density at radius 3 is 2.47 bits per heavy atom. The standard InChI is InChI=1S/C10H11ClN4O2S2/c11-6-1-3-7(4-2-6)17-5-8(16)13-10(19)15-14-9(12)18/h1-4H,5H2,(H3,12,14,18)(H2,13,15,16,19). The quantitative estimate of drug-likeness (QED) is 0.475. The van der Waals surface area contributed by atoms with Crippen LogP contribution in [-0.2, 0) is 4.79 Å². The van der Waals surface area contributed by atoms with Crippen LogP contribution in [0.3, 0.4) is 0 Å². The number of nitrogens with one attached hydrogen (secondary N) is 3. The molecule has 19 heavy (non-hydrogen) atoms. The molecule has 0 fully saturated rings. The lowest BCUT2D eigenvalue weighted by molar-refractivity contribution is -0.121. The lowest BCUT2D eigenvalue weighted by atomic mass is 10.3. The predicted octanol–water partition coefficient (Wildman–Crippen LogP) is 0.458. The number of halogens is 1. The maximum Gasteiger partial charge on any atom is 0.264 e. The van der Waals surface area contributed by atoms with E-state index in [0.29, 0.717) is 10.8 Å². The zero-order valence-corrected chi connectivity index (χ0v) is 12.0. The molecule has 0 radical (unpaired) electrons. The van der Waals surface area contributed by atoms with Crippen LogP contribution in [0.2, 0.25) is 5.02 Å². The molecule has 5 N–H and O–H groups in total. The molecule has 1 amide bonds. The fourth-order valence-corrected chi connectivity index (χ4v) is 1.33. The van der Waals surface area contributed by atoms with Crippen LogP contribution in [-0.4, -0.2) is 22.7 Å². The number of nitrogens with two attached hydrogens (primary N) is 1. The van der Waals surface area contributed by atoms with Crippen LogP contribution < -0.4 is 26.6 Å². The van der Waals surface area contributed by atoms with Gasteiger partial charge in [-0.25, -0.2) is 0 Å². The molecule has 0 aliphatic heterocycles. The average molecular weight is 319 g/mol. The number of thiocarbonyl (C=S) groups is 2. The van der Waals surface area contributed by atoms with Crippen molar-refractivity contribution in [2.75, 3.05) is 6.61 Å². The second-order valence-corrected chi connectivity index (χ2v) is 4.52. The van der Waals surface area contributed by atoms with Crippen molar-refractivity contribution in [1.82, 2.24) is 16.2 Å². The molecular formula is C10H11ClN4O2S2. The van der Waals surface area contributed by atoms with Crippen LogP contribution in [0.15, 0.2) is 24.3 Å². The van der Waals surface area contributed by atoms with Gasteiger partial charge in [0, 0.05) is 5.02 Å². The summed E-state index contributed by atoms with van der Waals surface area (Å²) in [6.07, 6.45) is 0. The second kappa shape index (κ2) is 7.72. The van der Waals surface area contributed by atoms with Gasteiger partial charge in [0.2, 0.25) is 0 Å². The lowest BCUT2D eigenvalue weighted by Crippen LogP contribution is -2.50. The summed E-state index contributed by atoms with van der Waals surface area (Å²) < 4.78 is 5.22. The summed E-state index contributed by atoms with van der Waals surface area (Å²) in [7, 11) is 0. The number of amides is 1. The summed E-state index contributed by atoms with van der Waals surface area (Å²) in [5, 5.41) is 3.01. The monoisotopic (exact) mass is 318 g/mol. The SMILES string of the molecule is NC(=S)NNC(=S)NC(=O)COc1ccc(Cl)cc1. The first-order valence-electron chi connectivity index (χ1n) is 5.01. The number of hydrogen-bond donors (Lipinski definition) is 4. The minimum Gasteiger partial charge on any atom is -0.484 e. The van der Waals surface area contributed by atoms with E-state index in [1.54, 1.807) is 24.3 Å². The third kappa shape index (κ3) is 6.75. The first-order chi connectivity index (χ1) is 8.97. The maximum atomic E-state index is 11.5. The van der Waals surface area contributed by atoms with Gasteiger partial charge >= 0.3 is 0 Å². The first kappa shape index (κ1) is 15.4. The van der Waals surface area contributed by atoms with Crippen LogP contribution in [0.1, 0.15) is 0 Å². The highest BCUT2D eigenvalue weighted by atomic mass is 35.5. The molecule has 6 nitrogen and oxygen atoms in total. The molecule has 0 spiro atoms. The fraction of sp³-hybridized carbons (Fsp3) is 0.100. The van der Waals surface area contributed by atoms with Crippen LogP contribution in [0.5, 0.6) is 5.75 Å². The minimum atomic E-state index is -0.419. The van der Waals surface area contributed by atoms with E-state index in [9.17, 15) is 4.79 Å². The van der Waals surface area contributed by atoms with Gasteiger partial charge in [-0.05, 0) is 48.7 Å². The molecule has 1 aromatic rings. The Kier molecular flexibility index (Phi) is 6.26. The van der Waals surface area contributed by atoms with Gasteiger partial charge in [-0.1, -0.05) is 11.6 Å². The van der Waals surface area contributed by atoms with E-state index < -0.39 is 5.91 Å². The lowest BCUT2D eigenvalue weighted by Gasteiger charge is -2.10. The van der Waals surface area contributed by atoms with E-state index in [2.05, 4.69) is 28.4 Å². The molecule has 0 unspecified atom stereocenters. The number of benzene rings is 1. The van der Waals surface area contributed by atoms with E-state index in [4.69, 9.17) is 34.3 Å². The summed E-state index contributed by atoms with van der Waals surface area (Å²) in [5.41, 5.74) is 9.98. The van der Waals surface area contributed by atoms with E-state index in [1.165, 1.54) is 0 Å². The molecule has 0 saturated heterocycles. The number of carbonyl (C=O) groups excluding carboxylic acids is 1. The van der Waals surface area contributed by atoms with E-state index in [-0.39, 0.29) is 16.8 Å². The minimum absolute atomic E-state index is 0.00835. The largest absolute Gasteiger partial charge is 0.484 e. The molecule has 0 saturated carbocycles. The van der Waals surface area contributed by atoms with Gasteiger partial charge in [-0.3, -0.25) is 21.0 Å². The van der Waals surface area contributed by atoms with Crippen molar-refractivity contribution in [3.8, 4) is 5.75 Å². The Hall–Kier alpha value is -1.64. The zero-order chi connectivity index (χ0) is 14.3. The van der Waals surface area contributed by atoms with Crippen molar-refractivity contribution in [3.63, 3.8) is 0 Å². The van der Waals surface area contributed by atoms with Gasteiger partial charge in [0.1, 0.15) is 5.75 Å². The Balaban J connectivity index is 2.29. The Bertz CT molecular complexity index is 481. The summed E-state index contributed by atoms with van der Waals surface area (Å²) in [5.74, 6) is 0.108. The zero-order valence-electron chi connectivity index (χ0n) is 9.60. The summed E-state index contributed by atoms with van der Waals surface area (Å²) in [6.45, 7) is -0.184. The normalized spacial score (nSPS) is 9.32. The second-order valence-electron chi connectivity index (χ2n) is 3.23. The summed E-state index contributed by atoms with van der Waals surface area (Å²) in [4.78, 5) is 11.5. The van der Waals surface area contributed by atoms with E-state index in [1.807, 2.05) is 0 Å². The molecule has 0 aliphatic rings. The van der Waals surface area contributed by atoms with Crippen molar-refractivity contribution in [1.29, 1.82) is 0 Å². The van der Waals surface area contributed by atoms with Crippen molar-refractivity contribution < 1.29 is 9.53 Å². The summed E-state index contributed by atoms with van der Waals surface area (Å²) >= 11 is 15.1. The third-order valence-electron chi connectivity index (χ3n) is 1.74. The molecular weight excluding hydrogens is 308 g/mol. The van der Waals surface area contributed by atoms with E-state index >= 15 is 0 Å². The van der Waals surface area contributed by atoms with Gasteiger partial charge in [0.15, 0.2) is 16.8 Å². The fourth-order valence-electron chi connectivity index (χ4n) is 0.992. The molecule has 1 aromatic carbocycles. The third-order valence-corrected chi connectivity index (χ3v) is 2.29. The van der Waals surface area contributed by atoms with Crippen LogP contribution in [0, 0.1) is 0 Å². The number of carbonyl (C=O) groups is 1. The van der Waals surface area contributed by atoms with Gasteiger partial charge in [-0.2, -0.15) is 0 Å². The molecule has 0 aliphatic carbocycles. The highest BCUT2D eigenvalue weighted by molar-refractivity contribution is 7.80. The first-order valence-corrected chi connectivity index (χ1v) is 6.20. The topological polar surface area (TPSA) is 88.4 Å². The van der Waals surface area contributed by atoms with E-state index in [0.717, 1.165) is 0 Å². The number of hydrazine groups is 1. The predicted molar refractivity (Wildman–Crippen MR) is 80.7 cm³/mol. The Labute approximate surface area is 125 Å². The number of ether oxygens (including phenoxy) is 1. The van der Waals surface area contributed by atoms with Gasteiger partial charge in [0.25, 0.3) is 5.91 Å². The summed E-state index contributed by atoms with van der Waals surface area (Å²) in [6, 6.07) is 6.63. The smallest absolute Gasteiger partial charge is 0.264 e. The van der Waals surface area contributed by atoms with Crippen LogP contribution in [0.25, 0.3) is 0 Å². The molecule has 1 rings (SSSR count). The Morgan fingerprint density at radius 2 is 1.89 bits per heavy atom. The van der Waals surface area contributed by atoms with Crippen molar-refractivity contribution in [3.05, 3.63) is 29.3 Å². The molecule has 0 aromatic heterocycles. The van der Waals surface area contributed by atoms with Gasteiger partial charge in [-0.15, -0.1) is 0 Å². The number of hydrogen-bond acceptors (Lipinski definition) is 4. The van der Waals surface area contributed by atoms with Crippen LogP contribution >= 0.6 is 36.0 Å². The average Bonchev–Trinajstić information content (AvgIpc) is 2.36. The van der Waals surface area contributed by atoms with Crippen molar-refractivity contribution in [2.24, 2.45) is 5.73 Å². The van der Waals surface area contributed by atoms with Crippen LogP contribution in [0.4, 0.5) is 0 Å². The molecule has 9 heteroatoms. The molecule has 0 heterocycles.